The third kappa shape index (κ3) is 6.42. The van der Waals surface area contributed by atoms with Gasteiger partial charge in [0, 0.05) is 0 Å². The first-order valence-corrected chi connectivity index (χ1v) is 35.9. The van der Waals surface area contributed by atoms with Gasteiger partial charge >= 0.3 is 300 Å². The molecule has 0 unspecified atom stereocenters. The Morgan fingerprint density at radius 1 is 0.383 bits per heavy atom. The molecule has 0 amide bonds. The molecule has 47 heavy (non-hydrogen) atoms. The summed E-state index contributed by atoms with van der Waals surface area (Å²) in [5, 5.41) is 18.0. The summed E-state index contributed by atoms with van der Waals surface area (Å²) < 4.78 is 0.0284. The van der Waals surface area contributed by atoms with Crippen molar-refractivity contribution in [2.45, 2.75) is 126 Å². The van der Waals surface area contributed by atoms with E-state index in [1.807, 2.05) is 0 Å². The quantitative estimate of drug-likeness (QED) is 0.160. The maximum absolute atomic E-state index is 2.88. The van der Waals surface area contributed by atoms with Crippen molar-refractivity contribution in [2.24, 2.45) is 0 Å². The summed E-state index contributed by atoms with van der Waals surface area (Å²) in [6.07, 6.45) is 0. The fourth-order valence-electron chi connectivity index (χ4n) is 9.10. The second-order valence-corrected chi connectivity index (χ2v) is 47.5. The summed E-state index contributed by atoms with van der Waals surface area (Å²) in [5.41, 5.74) is 10.7. The SMILES string of the molecule is CC1=C(C)[C]([Si](c2cc(C)cc([Si](C)(C)C)c2)(c2cc(C)cc([Si](C)(C)C)c2)c2cc(C)cc([Si](C)(C)C)c2)([Ti]([CH3])([CH3])[CH3])C(C)=C1C. The van der Waals surface area contributed by atoms with Crippen LogP contribution in [0.15, 0.2) is 76.9 Å². The van der Waals surface area contributed by atoms with Crippen molar-refractivity contribution in [1.82, 2.24) is 0 Å². The Labute approximate surface area is 298 Å². The van der Waals surface area contributed by atoms with Gasteiger partial charge in [0.2, 0.25) is 0 Å². The molecule has 0 nitrogen and oxygen atoms in total. The van der Waals surface area contributed by atoms with Gasteiger partial charge in [0.1, 0.15) is 0 Å². The fourth-order valence-corrected chi connectivity index (χ4v) is 32.1. The minimum atomic E-state index is -2.88. The molecule has 0 aliphatic heterocycles. The first-order valence-electron chi connectivity index (χ1n) is 17.9. The third-order valence-electron chi connectivity index (χ3n) is 11.6. The van der Waals surface area contributed by atoms with Crippen molar-refractivity contribution in [1.29, 1.82) is 0 Å². The van der Waals surface area contributed by atoms with Crippen LogP contribution in [0, 0.1) is 20.8 Å². The molecule has 5 heteroatoms. The van der Waals surface area contributed by atoms with Gasteiger partial charge in [-0.1, -0.05) is 0 Å². The Morgan fingerprint density at radius 2 is 0.617 bits per heavy atom. The van der Waals surface area contributed by atoms with Crippen LogP contribution in [-0.4, -0.2) is 32.3 Å². The normalized spacial score (nSPS) is 16.4. The summed E-state index contributed by atoms with van der Waals surface area (Å²) in [6, 6.07) is 23.9. The van der Waals surface area contributed by atoms with Crippen molar-refractivity contribution in [2.75, 3.05) is 0 Å². The molecule has 0 fully saturated rings. The topological polar surface area (TPSA) is 0 Å². The Kier molecular flexibility index (Phi) is 10.2. The van der Waals surface area contributed by atoms with Crippen LogP contribution < -0.4 is 31.1 Å². The number of rotatable bonds is 8. The zero-order valence-electron chi connectivity index (χ0n) is 33.7. The van der Waals surface area contributed by atoms with E-state index < -0.39 is 48.9 Å². The standard InChI is InChI=1S/C39H57Si4.3CH3.Ti/c1-26-17-33(40(8,9)10)23-36(20-26)43(39-31(6)29(4)30(5)32(39)7,37-21-27(2)18-34(24-37)41(11,12)13)38-22-28(3)19-35(25-38)42(14,15)16;;;;/h17-25H,1-16H3;3*1H3;. The van der Waals surface area contributed by atoms with E-state index in [1.165, 1.54) is 16.7 Å². The second-order valence-electron chi connectivity index (χ2n) is 19.3. The number of hydrogen-bond acceptors (Lipinski definition) is 0. The first-order chi connectivity index (χ1) is 21.2. The van der Waals surface area contributed by atoms with Gasteiger partial charge in [-0.15, -0.1) is 0 Å². The minimum absolute atomic E-state index is 0.0284. The van der Waals surface area contributed by atoms with Crippen molar-refractivity contribution in [3.63, 3.8) is 0 Å². The van der Waals surface area contributed by atoms with Crippen LogP contribution in [0.4, 0.5) is 0 Å². The molecule has 1 aliphatic carbocycles. The molecule has 3 aromatic rings. The molecule has 0 bridgehead atoms. The molecule has 1 aliphatic rings. The molecule has 0 aromatic heterocycles. The number of hydrogen-bond donors (Lipinski definition) is 0. The van der Waals surface area contributed by atoms with E-state index in [0.717, 1.165) is 0 Å². The molecule has 0 saturated carbocycles. The molecule has 3 aromatic carbocycles. The van der Waals surface area contributed by atoms with Crippen LogP contribution >= 0.6 is 0 Å². The summed E-state index contributed by atoms with van der Waals surface area (Å²) in [7, 11) is -7.75. The van der Waals surface area contributed by atoms with E-state index in [2.05, 4.69) is 178 Å². The van der Waals surface area contributed by atoms with E-state index in [9.17, 15) is 0 Å². The molecule has 0 N–H and O–H groups in total. The van der Waals surface area contributed by atoms with Crippen LogP contribution in [0.2, 0.25) is 78.0 Å². The first kappa shape index (κ1) is 38.5. The summed E-state index contributed by atoms with van der Waals surface area (Å²) in [6.45, 7) is 40.0. The van der Waals surface area contributed by atoms with Crippen LogP contribution in [0.5, 0.6) is 0 Å². The maximum atomic E-state index is 2.76. The van der Waals surface area contributed by atoms with Crippen LogP contribution in [0.25, 0.3) is 0 Å². The van der Waals surface area contributed by atoms with E-state index in [4.69, 9.17) is 0 Å². The van der Waals surface area contributed by atoms with Gasteiger partial charge in [-0.2, -0.15) is 0 Å². The van der Waals surface area contributed by atoms with Gasteiger partial charge < -0.3 is 0 Å². The Hall–Kier alpha value is -1.28. The molecule has 0 spiro atoms. The van der Waals surface area contributed by atoms with E-state index >= 15 is 0 Å². The average Bonchev–Trinajstić information content (AvgIpc) is 3.07. The van der Waals surface area contributed by atoms with Crippen LogP contribution in [0.3, 0.4) is 0 Å². The third-order valence-corrected chi connectivity index (χ3v) is 32.6. The van der Waals surface area contributed by atoms with Gasteiger partial charge in [-0.25, -0.2) is 0 Å². The van der Waals surface area contributed by atoms with Gasteiger partial charge in [0.05, 0.1) is 0 Å². The van der Waals surface area contributed by atoms with Crippen LogP contribution in [0.1, 0.15) is 44.4 Å². The van der Waals surface area contributed by atoms with E-state index in [1.54, 1.807) is 53.4 Å². The van der Waals surface area contributed by atoms with Crippen LogP contribution in [-0.2, 0) is 16.6 Å². The molecule has 0 heterocycles. The molecule has 0 atom stereocenters. The summed E-state index contributed by atoms with van der Waals surface area (Å²) >= 11 is -2.73. The second kappa shape index (κ2) is 12.5. The summed E-state index contributed by atoms with van der Waals surface area (Å²) in [5.74, 6) is 0. The Morgan fingerprint density at radius 3 is 0.830 bits per heavy atom. The number of allylic oxidation sites excluding steroid dienone is 4. The van der Waals surface area contributed by atoms with Crippen molar-refractivity contribution in [3.05, 3.63) is 93.6 Å². The predicted octanol–water partition coefficient (Wildman–Crippen LogP) is 9.40. The molecule has 0 radical (unpaired) electrons. The van der Waals surface area contributed by atoms with E-state index in [0.29, 0.717) is 0 Å². The van der Waals surface area contributed by atoms with Gasteiger partial charge in [0.25, 0.3) is 0 Å². The zero-order chi connectivity index (χ0) is 35.9. The Balaban J connectivity index is 2.53. The van der Waals surface area contributed by atoms with E-state index in [-0.39, 0.29) is 3.34 Å². The zero-order valence-corrected chi connectivity index (χ0v) is 39.3. The molecular weight excluding hydrogens is 665 g/mol. The fraction of sp³-hybridized carbons (Fsp3) is 0.476. The predicted molar refractivity (Wildman–Crippen MR) is 224 cm³/mol. The molecule has 254 valence electrons. The molecule has 0 saturated heterocycles. The van der Waals surface area contributed by atoms with Gasteiger partial charge in [-0.05, 0) is 0 Å². The van der Waals surface area contributed by atoms with Gasteiger partial charge in [-0.3, -0.25) is 0 Å². The Bertz CT molecular complexity index is 1600. The number of aryl methyl sites for hydroxylation is 3. The van der Waals surface area contributed by atoms with Gasteiger partial charge in [0.15, 0.2) is 0 Å². The average molecular weight is 731 g/mol. The molecular formula is C42H66Si4Ti. The van der Waals surface area contributed by atoms with Crippen molar-refractivity contribution >= 4 is 63.4 Å². The monoisotopic (exact) mass is 730 g/mol. The number of benzene rings is 3. The van der Waals surface area contributed by atoms with Crippen molar-refractivity contribution in [3.8, 4) is 0 Å². The summed E-state index contributed by atoms with van der Waals surface area (Å²) in [4.78, 5) is 0. The van der Waals surface area contributed by atoms with Crippen molar-refractivity contribution < 1.29 is 16.6 Å². The molecule has 4 rings (SSSR count).